The second kappa shape index (κ2) is 4.58. The summed E-state index contributed by atoms with van der Waals surface area (Å²) in [5, 5.41) is 9.26. The number of likely N-dealkylation sites (tertiary alicyclic amines) is 1. The second-order valence-corrected chi connectivity index (χ2v) is 3.40. The Labute approximate surface area is 73.4 Å². The Kier molecular flexibility index (Phi) is 3.69. The molecule has 3 nitrogen and oxygen atoms in total. The molecule has 2 unspecified atom stereocenters. The van der Waals surface area contributed by atoms with Crippen LogP contribution in [0, 0.1) is 0 Å². The van der Waals surface area contributed by atoms with Crippen LogP contribution < -0.4 is 0 Å². The molecule has 0 aromatic heterocycles. The van der Waals surface area contributed by atoms with E-state index >= 15 is 0 Å². The van der Waals surface area contributed by atoms with E-state index in [0.717, 1.165) is 25.9 Å². The molecule has 0 bridgehead atoms. The molecule has 1 aliphatic rings. The first-order valence-corrected chi connectivity index (χ1v) is 4.55. The smallest absolute Gasteiger partial charge is 0.219 e. The van der Waals surface area contributed by atoms with Crippen molar-refractivity contribution < 1.29 is 9.90 Å². The lowest BCUT2D eigenvalue weighted by molar-refractivity contribution is 0.0824. The van der Waals surface area contributed by atoms with Gasteiger partial charge in [0.2, 0.25) is 6.29 Å². The summed E-state index contributed by atoms with van der Waals surface area (Å²) in [6, 6.07) is -0.412. The number of carbonyl (C=O) groups excluding carboxylic acids is 1. The van der Waals surface area contributed by atoms with Crippen molar-refractivity contribution >= 4 is 6.29 Å². The summed E-state index contributed by atoms with van der Waals surface area (Å²) in [5.74, 6) is 0. The van der Waals surface area contributed by atoms with Gasteiger partial charge < -0.3 is 5.11 Å². The topological polar surface area (TPSA) is 40.5 Å². The lowest BCUT2D eigenvalue weighted by atomic mass is 10.1. The number of rotatable bonds is 3. The first-order chi connectivity index (χ1) is 5.75. The molecular formula is C9H16NO2. The van der Waals surface area contributed by atoms with Crippen molar-refractivity contribution in [2.45, 2.75) is 38.3 Å². The summed E-state index contributed by atoms with van der Waals surface area (Å²) < 4.78 is 0. The third kappa shape index (κ3) is 2.29. The second-order valence-electron chi connectivity index (χ2n) is 3.40. The lowest BCUT2D eigenvalue weighted by Gasteiger charge is -2.32. The van der Waals surface area contributed by atoms with Crippen LogP contribution in [-0.4, -0.2) is 41.5 Å². The van der Waals surface area contributed by atoms with E-state index in [4.69, 9.17) is 0 Å². The van der Waals surface area contributed by atoms with E-state index in [2.05, 4.69) is 0 Å². The predicted octanol–water partition coefficient (Wildman–Crippen LogP) is 0.331. The Morgan fingerprint density at radius 1 is 1.33 bits per heavy atom. The van der Waals surface area contributed by atoms with Crippen LogP contribution in [0.2, 0.25) is 0 Å². The van der Waals surface area contributed by atoms with Crippen LogP contribution in [0.15, 0.2) is 0 Å². The molecule has 0 spiro atoms. The van der Waals surface area contributed by atoms with E-state index in [1.807, 2.05) is 11.2 Å². The van der Waals surface area contributed by atoms with Crippen molar-refractivity contribution in [1.82, 2.24) is 4.90 Å². The maximum atomic E-state index is 10.5. The zero-order chi connectivity index (χ0) is 8.97. The Morgan fingerprint density at radius 3 is 2.33 bits per heavy atom. The van der Waals surface area contributed by atoms with Crippen molar-refractivity contribution in [2.24, 2.45) is 0 Å². The highest BCUT2D eigenvalue weighted by molar-refractivity contribution is 5.59. The zero-order valence-electron chi connectivity index (χ0n) is 7.49. The fraction of sp³-hybridized carbons (Fsp3) is 0.889. The van der Waals surface area contributed by atoms with Crippen LogP contribution in [0.4, 0.5) is 0 Å². The molecule has 0 saturated carbocycles. The Balaban J connectivity index is 2.45. The van der Waals surface area contributed by atoms with E-state index in [1.165, 1.54) is 6.42 Å². The Hall–Kier alpha value is -0.410. The van der Waals surface area contributed by atoms with Gasteiger partial charge in [-0.3, -0.25) is 9.69 Å². The number of nitrogens with zero attached hydrogens (tertiary/aromatic N) is 1. The number of piperidine rings is 1. The number of aliphatic hydroxyl groups is 1. The van der Waals surface area contributed by atoms with Gasteiger partial charge in [0.15, 0.2) is 0 Å². The van der Waals surface area contributed by atoms with Crippen molar-refractivity contribution in [3.63, 3.8) is 0 Å². The maximum Gasteiger partial charge on any atom is 0.219 e. The van der Waals surface area contributed by atoms with Gasteiger partial charge in [-0.2, -0.15) is 0 Å². The van der Waals surface area contributed by atoms with E-state index in [1.54, 1.807) is 6.92 Å². The summed E-state index contributed by atoms with van der Waals surface area (Å²) in [5.41, 5.74) is 0. The largest absolute Gasteiger partial charge is 0.391 e. The van der Waals surface area contributed by atoms with Crippen molar-refractivity contribution in [3.05, 3.63) is 0 Å². The molecule has 0 amide bonds. The molecule has 1 fully saturated rings. The maximum absolute atomic E-state index is 10.5. The molecule has 1 aliphatic heterocycles. The van der Waals surface area contributed by atoms with Crippen LogP contribution in [0.3, 0.4) is 0 Å². The monoisotopic (exact) mass is 170 g/mol. The summed E-state index contributed by atoms with van der Waals surface area (Å²) in [6.45, 7) is 3.49. The molecule has 0 aliphatic carbocycles. The lowest BCUT2D eigenvalue weighted by Crippen LogP contribution is -2.46. The van der Waals surface area contributed by atoms with Gasteiger partial charge in [0.25, 0.3) is 0 Å². The zero-order valence-corrected chi connectivity index (χ0v) is 7.49. The Bertz CT molecular complexity index is 141. The van der Waals surface area contributed by atoms with Gasteiger partial charge in [0.1, 0.15) is 6.04 Å². The average molecular weight is 170 g/mol. The first kappa shape index (κ1) is 9.68. The minimum absolute atomic E-state index is 0.412. The fourth-order valence-electron chi connectivity index (χ4n) is 1.67. The highest BCUT2D eigenvalue weighted by Crippen LogP contribution is 2.12. The minimum Gasteiger partial charge on any atom is -0.391 e. The third-order valence-electron chi connectivity index (χ3n) is 2.36. The Morgan fingerprint density at radius 2 is 1.92 bits per heavy atom. The number of hydrogen-bond donors (Lipinski definition) is 1. The van der Waals surface area contributed by atoms with Gasteiger partial charge in [-0.1, -0.05) is 6.42 Å². The molecule has 1 saturated heterocycles. The predicted molar refractivity (Wildman–Crippen MR) is 46.6 cm³/mol. The average Bonchev–Trinajstić information content (AvgIpc) is 2.07. The molecule has 3 heteroatoms. The normalized spacial score (nSPS) is 24.8. The minimum atomic E-state index is -0.597. The molecule has 2 atom stereocenters. The SMILES string of the molecule is CC(O)C([C]=O)N1CCCCC1. The van der Waals surface area contributed by atoms with Gasteiger partial charge in [-0.05, 0) is 32.9 Å². The first-order valence-electron chi connectivity index (χ1n) is 4.55. The molecular weight excluding hydrogens is 154 g/mol. The van der Waals surface area contributed by atoms with E-state index in [9.17, 15) is 9.90 Å². The summed E-state index contributed by atoms with van der Waals surface area (Å²) >= 11 is 0. The van der Waals surface area contributed by atoms with E-state index in [0.29, 0.717) is 0 Å². The standard InChI is InChI=1S/C9H16NO2/c1-8(12)9(7-11)10-5-3-2-4-6-10/h8-9,12H,2-6H2,1H3. The molecule has 0 aromatic carbocycles. The van der Waals surface area contributed by atoms with Gasteiger partial charge >= 0.3 is 0 Å². The number of hydrogen-bond acceptors (Lipinski definition) is 3. The highest BCUT2D eigenvalue weighted by atomic mass is 16.3. The summed E-state index contributed by atoms with van der Waals surface area (Å²) in [6.07, 6.45) is 4.80. The van der Waals surface area contributed by atoms with Gasteiger partial charge in [0, 0.05) is 0 Å². The molecule has 0 aromatic rings. The molecule has 1 radical (unpaired) electrons. The summed E-state index contributed by atoms with van der Waals surface area (Å²) in [7, 11) is 0. The van der Waals surface area contributed by atoms with Crippen LogP contribution >= 0.6 is 0 Å². The number of aliphatic hydroxyl groups excluding tert-OH is 1. The molecule has 12 heavy (non-hydrogen) atoms. The quantitative estimate of drug-likeness (QED) is 0.663. The molecule has 69 valence electrons. The van der Waals surface area contributed by atoms with Crippen LogP contribution in [-0.2, 0) is 4.79 Å². The van der Waals surface area contributed by atoms with E-state index < -0.39 is 12.1 Å². The van der Waals surface area contributed by atoms with Crippen molar-refractivity contribution in [2.75, 3.05) is 13.1 Å². The van der Waals surface area contributed by atoms with Crippen LogP contribution in [0.25, 0.3) is 0 Å². The molecule has 1 N–H and O–H groups in total. The highest BCUT2D eigenvalue weighted by Gasteiger charge is 2.24. The fourth-order valence-corrected chi connectivity index (χ4v) is 1.67. The van der Waals surface area contributed by atoms with Crippen molar-refractivity contribution in [1.29, 1.82) is 0 Å². The van der Waals surface area contributed by atoms with Crippen LogP contribution in [0.1, 0.15) is 26.2 Å². The van der Waals surface area contributed by atoms with Gasteiger partial charge in [-0.15, -0.1) is 0 Å². The van der Waals surface area contributed by atoms with Crippen LogP contribution in [0.5, 0.6) is 0 Å². The van der Waals surface area contributed by atoms with Gasteiger partial charge in [0.05, 0.1) is 6.10 Å². The van der Waals surface area contributed by atoms with E-state index in [-0.39, 0.29) is 0 Å². The third-order valence-corrected chi connectivity index (χ3v) is 2.36. The van der Waals surface area contributed by atoms with Gasteiger partial charge in [-0.25, -0.2) is 0 Å². The summed E-state index contributed by atoms with van der Waals surface area (Å²) in [4.78, 5) is 12.5. The van der Waals surface area contributed by atoms with Crippen molar-refractivity contribution in [3.8, 4) is 0 Å². The molecule has 1 rings (SSSR count). The molecule has 1 heterocycles.